The van der Waals surface area contributed by atoms with E-state index in [1.807, 2.05) is 20.8 Å². The Morgan fingerprint density at radius 3 is 2.36 bits per heavy atom. The van der Waals surface area contributed by atoms with Crippen molar-refractivity contribution in [3.05, 3.63) is 23.0 Å². The first-order valence-corrected chi connectivity index (χ1v) is 3.95. The van der Waals surface area contributed by atoms with Gasteiger partial charge in [0.25, 0.3) is 0 Å². The van der Waals surface area contributed by atoms with Crippen LogP contribution in [0.15, 0.2) is 12.3 Å². The molecule has 0 unspecified atom stereocenters. The standard InChI is InChI=1S/C6H7ClN2.C2H6/c1-4-2-5(8)6(7)9-3-4;1-2/h2-3H,8H2,1H3;1-2H3. The molecule has 62 valence electrons. The lowest BCUT2D eigenvalue weighted by molar-refractivity contribution is 1.27. The van der Waals surface area contributed by atoms with Gasteiger partial charge in [-0.15, -0.1) is 0 Å². The zero-order valence-electron chi connectivity index (χ0n) is 7.06. The Bertz CT molecular complexity index is 223. The highest BCUT2D eigenvalue weighted by Gasteiger charge is 1.93. The van der Waals surface area contributed by atoms with Crippen molar-refractivity contribution in [2.45, 2.75) is 20.8 Å². The minimum absolute atomic E-state index is 0.376. The first-order valence-electron chi connectivity index (χ1n) is 3.58. The number of aryl methyl sites for hydroxylation is 1. The van der Waals surface area contributed by atoms with Gasteiger partial charge in [-0.3, -0.25) is 0 Å². The molecular weight excluding hydrogens is 160 g/mol. The van der Waals surface area contributed by atoms with Crippen LogP contribution < -0.4 is 5.73 Å². The molecular formula is C8H13ClN2. The van der Waals surface area contributed by atoms with E-state index in [4.69, 9.17) is 17.3 Å². The third-order valence-electron chi connectivity index (χ3n) is 1.00. The molecule has 11 heavy (non-hydrogen) atoms. The quantitative estimate of drug-likeness (QED) is 0.612. The Hall–Kier alpha value is -0.760. The van der Waals surface area contributed by atoms with Gasteiger partial charge in [-0.05, 0) is 18.6 Å². The largest absolute Gasteiger partial charge is 0.396 e. The van der Waals surface area contributed by atoms with Crippen LogP contribution in [-0.4, -0.2) is 4.98 Å². The molecule has 1 heterocycles. The highest BCUT2D eigenvalue weighted by molar-refractivity contribution is 6.31. The Labute approximate surface area is 72.4 Å². The van der Waals surface area contributed by atoms with E-state index in [-0.39, 0.29) is 0 Å². The van der Waals surface area contributed by atoms with Crippen LogP contribution in [0.2, 0.25) is 5.15 Å². The van der Waals surface area contributed by atoms with Crippen molar-refractivity contribution in [1.29, 1.82) is 0 Å². The number of halogens is 1. The topological polar surface area (TPSA) is 38.9 Å². The van der Waals surface area contributed by atoms with Gasteiger partial charge in [0.15, 0.2) is 5.15 Å². The Morgan fingerprint density at radius 1 is 1.45 bits per heavy atom. The summed E-state index contributed by atoms with van der Waals surface area (Å²) in [7, 11) is 0. The third-order valence-corrected chi connectivity index (χ3v) is 1.32. The van der Waals surface area contributed by atoms with Gasteiger partial charge in [0.1, 0.15) is 0 Å². The summed E-state index contributed by atoms with van der Waals surface area (Å²) in [6, 6.07) is 1.79. The molecule has 0 spiro atoms. The predicted octanol–water partition coefficient (Wildman–Crippen LogP) is 2.65. The zero-order valence-corrected chi connectivity index (χ0v) is 7.81. The van der Waals surface area contributed by atoms with E-state index in [0.717, 1.165) is 5.56 Å². The summed E-state index contributed by atoms with van der Waals surface area (Å²) in [5.74, 6) is 0. The highest BCUT2D eigenvalue weighted by atomic mass is 35.5. The summed E-state index contributed by atoms with van der Waals surface area (Å²) in [5.41, 5.74) is 6.99. The van der Waals surface area contributed by atoms with E-state index in [0.29, 0.717) is 10.8 Å². The highest BCUT2D eigenvalue weighted by Crippen LogP contribution is 2.14. The molecule has 2 nitrogen and oxygen atoms in total. The van der Waals surface area contributed by atoms with Crippen LogP contribution in [0.25, 0.3) is 0 Å². The lowest BCUT2D eigenvalue weighted by atomic mass is 10.3. The summed E-state index contributed by atoms with van der Waals surface area (Å²) < 4.78 is 0. The molecule has 1 rings (SSSR count). The normalized spacial score (nSPS) is 8.36. The van der Waals surface area contributed by atoms with Gasteiger partial charge < -0.3 is 5.73 Å². The van der Waals surface area contributed by atoms with Crippen molar-refractivity contribution in [2.75, 3.05) is 5.73 Å². The van der Waals surface area contributed by atoms with E-state index >= 15 is 0 Å². The second-order valence-corrected chi connectivity index (χ2v) is 2.25. The van der Waals surface area contributed by atoms with Crippen molar-refractivity contribution in [3.63, 3.8) is 0 Å². The molecule has 1 aromatic rings. The number of anilines is 1. The van der Waals surface area contributed by atoms with E-state index < -0.39 is 0 Å². The molecule has 0 fully saturated rings. The maximum Gasteiger partial charge on any atom is 0.151 e. The fraction of sp³-hybridized carbons (Fsp3) is 0.375. The Balaban J connectivity index is 0.000000461. The summed E-state index contributed by atoms with van der Waals surface area (Å²) in [4.78, 5) is 3.82. The number of nitrogens with zero attached hydrogens (tertiary/aromatic N) is 1. The molecule has 0 aliphatic heterocycles. The van der Waals surface area contributed by atoms with Crippen LogP contribution in [-0.2, 0) is 0 Å². The smallest absolute Gasteiger partial charge is 0.151 e. The first-order chi connectivity index (χ1) is 5.20. The third kappa shape index (κ3) is 3.23. The van der Waals surface area contributed by atoms with Crippen molar-refractivity contribution in [3.8, 4) is 0 Å². The average Bonchev–Trinajstić information content (AvgIpc) is 2.02. The van der Waals surface area contributed by atoms with Gasteiger partial charge in [-0.2, -0.15) is 0 Å². The van der Waals surface area contributed by atoms with E-state index in [1.165, 1.54) is 0 Å². The Morgan fingerprint density at radius 2 is 2.00 bits per heavy atom. The van der Waals surface area contributed by atoms with Crippen molar-refractivity contribution in [1.82, 2.24) is 4.98 Å². The van der Waals surface area contributed by atoms with E-state index in [2.05, 4.69) is 4.98 Å². The summed E-state index contributed by atoms with van der Waals surface area (Å²) in [6.45, 7) is 5.92. The van der Waals surface area contributed by atoms with Crippen LogP contribution in [0.4, 0.5) is 5.69 Å². The molecule has 3 heteroatoms. The van der Waals surface area contributed by atoms with Crippen molar-refractivity contribution in [2.24, 2.45) is 0 Å². The average molecular weight is 173 g/mol. The van der Waals surface area contributed by atoms with Gasteiger partial charge >= 0.3 is 0 Å². The van der Waals surface area contributed by atoms with E-state index in [9.17, 15) is 0 Å². The van der Waals surface area contributed by atoms with Crippen LogP contribution in [0, 0.1) is 6.92 Å². The van der Waals surface area contributed by atoms with Crippen molar-refractivity contribution < 1.29 is 0 Å². The molecule has 1 aromatic heterocycles. The second-order valence-electron chi connectivity index (χ2n) is 1.89. The zero-order chi connectivity index (χ0) is 8.85. The minimum Gasteiger partial charge on any atom is -0.396 e. The number of nitrogens with two attached hydrogens (primary N) is 1. The minimum atomic E-state index is 0.376. The molecule has 0 saturated carbocycles. The van der Waals surface area contributed by atoms with Gasteiger partial charge in [0, 0.05) is 6.20 Å². The number of pyridine rings is 1. The molecule has 0 aromatic carbocycles. The van der Waals surface area contributed by atoms with Crippen LogP contribution in [0.3, 0.4) is 0 Å². The van der Waals surface area contributed by atoms with Crippen LogP contribution >= 0.6 is 11.6 Å². The van der Waals surface area contributed by atoms with E-state index in [1.54, 1.807) is 12.3 Å². The number of hydrogen-bond acceptors (Lipinski definition) is 2. The number of nitrogen functional groups attached to an aromatic ring is 1. The molecule has 0 aliphatic carbocycles. The maximum atomic E-state index is 5.54. The molecule has 0 amide bonds. The Kier molecular flexibility index (Phi) is 4.62. The number of aromatic nitrogens is 1. The fourth-order valence-electron chi connectivity index (χ4n) is 0.575. The van der Waals surface area contributed by atoms with Crippen LogP contribution in [0.1, 0.15) is 19.4 Å². The lowest BCUT2D eigenvalue weighted by Gasteiger charge is -1.95. The van der Waals surface area contributed by atoms with Gasteiger partial charge in [-0.1, -0.05) is 25.4 Å². The molecule has 0 aliphatic rings. The van der Waals surface area contributed by atoms with Gasteiger partial charge in [0.2, 0.25) is 0 Å². The predicted molar refractivity (Wildman–Crippen MR) is 49.7 cm³/mol. The van der Waals surface area contributed by atoms with Gasteiger partial charge in [0.05, 0.1) is 5.69 Å². The molecule has 0 atom stereocenters. The maximum absolute atomic E-state index is 5.54. The fourth-order valence-corrected chi connectivity index (χ4v) is 0.678. The van der Waals surface area contributed by atoms with Crippen molar-refractivity contribution >= 4 is 17.3 Å². The second kappa shape index (κ2) is 4.97. The SMILES string of the molecule is CC.Cc1cnc(Cl)c(N)c1. The monoisotopic (exact) mass is 172 g/mol. The number of hydrogen-bond donors (Lipinski definition) is 1. The molecule has 0 saturated heterocycles. The summed E-state index contributed by atoms with van der Waals surface area (Å²) >= 11 is 5.54. The number of rotatable bonds is 0. The molecule has 0 radical (unpaired) electrons. The van der Waals surface area contributed by atoms with Crippen LogP contribution in [0.5, 0.6) is 0 Å². The molecule has 2 N–H and O–H groups in total. The summed E-state index contributed by atoms with van der Waals surface area (Å²) in [5, 5.41) is 0.376. The molecule has 0 bridgehead atoms. The summed E-state index contributed by atoms with van der Waals surface area (Å²) in [6.07, 6.45) is 1.68. The first kappa shape index (κ1) is 10.2. The van der Waals surface area contributed by atoms with Gasteiger partial charge in [-0.25, -0.2) is 4.98 Å². The lowest BCUT2D eigenvalue weighted by Crippen LogP contribution is -1.88.